The Balaban J connectivity index is 1.75. The number of nitrogens with zero attached hydrogens (tertiary/aromatic N) is 4. The third-order valence-corrected chi connectivity index (χ3v) is 4.48. The Bertz CT molecular complexity index is 1150. The van der Waals surface area contributed by atoms with E-state index in [4.69, 9.17) is 18.0 Å². The van der Waals surface area contributed by atoms with Gasteiger partial charge in [-0.05, 0) is 36.5 Å². The molecule has 0 aliphatic carbocycles. The molecule has 148 valence electrons. The Morgan fingerprint density at radius 3 is 1.93 bits per heavy atom. The molecule has 3 aromatic carbocycles. The first-order valence-corrected chi connectivity index (χ1v) is 9.50. The fourth-order valence-corrected chi connectivity index (χ4v) is 3.05. The van der Waals surface area contributed by atoms with Crippen molar-refractivity contribution in [2.75, 3.05) is 10.4 Å². The van der Waals surface area contributed by atoms with E-state index in [0.717, 1.165) is 11.1 Å². The summed E-state index contributed by atoms with van der Waals surface area (Å²) in [5, 5.41) is 10.0. The molecule has 0 saturated heterocycles. The number of aromatic nitrogens is 3. The van der Waals surface area contributed by atoms with E-state index in [1.165, 1.54) is 17.1 Å². The van der Waals surface area contributed by atoms with Gasteiger partial charge in [0.25, 0.3) is 5.95 Å². The summed E-state index contributed by atoms with van der Waals surface area (Å²) in [4.78, 5) is 4.67. The minimum absolute atomic E-state index is 0.0265. The topological polar surface area (TPSA) is 80.0 Å². The third kappa shape index (κ3) is 4.23. The van der Waals surface area contributed by atoms with E-state index in [-0.39, 0.29) is 16.9 Å². The second-order valence-electron chi connectivity index (χ2n) is 6.33. The molecule has 0 radical (unpaired) electrons. The van der Waals surface area contributed by atoms with Crippen molar-refractivity contribution in [1.29, 1.82) is 0 Å². The monoisotopic (exact) mass is 416 g/mol. The van der Waals surface area contributed by atoms with Gasteiger partial charge in [-0.2, -0.15) is 0 Å². The van der Waals surface area contributed by atoms with Gasteiger partial charge < -0.3 is 5.73 Å². The van der Waals surface area contributed by atoms with Crippen LogP contribution in [0.4, 0.5) is 16.0 Å². The average Bonchev–Trinajstić information content (AvgIpc) is 2.79. The Kier molecular flexibility index (Phi) is 5.58. The van der Waals surface area contributed by atoms with E-state index in [1.807, 2.05) is 60.7 Å². The van der Waals surface area contributed by atoms with Crippen molar-refractivity contribution < 1.29 is 4.39 Å². The maximum atomic E-state index is 13.3. The Morgan fingerprint density at radius 1 is 0.800 bits per heavy atom. The van der Waals surface area contributed by atoms with Crippen molar-refractivity contribution in [3.05, 3.63) is 90.7 Å². The summed E-state index contributed by atoms with van der Waals surface area (Å²) in [6.07, 6.45) is 0. The molecule has 0 aliphatic heterocycles. The lowest BCUT2D eigenvalue weighted by Gasteiger charge is -2.23. The van der Waals surface area contributed by atoms with Crippen LogP contribution in [0.5, 0.6) is 0 Å². The summed E-state index contributed by atoms with van der Waals surface area (Å²) in [6.45, 7) is 0. The summed E-state index contributed by atoms with van der Waals surface area (Å²) < 4.78 is 13.3. The van der Waals surface area contributed by atoms with E-state index in [9.17, 15) is 4.39 Å². The van der Waals surface area contributed by atoms with E-state index in [1.54, 1.807) is 12.1 Å². The lowest BCUT2D eigenvalue weighted by molar-refractivity contribution is 0.628. The highest BCUT2D eigenvalue weighted by Gasteiger charge is 2.16. The molecule has 0 bridgehead atoms. The van der Waals surface area contributed by atoms with Crippen molar-refractivity contribution in [2.24, 2.45) is 5.73 Å². The summed E-state index contributed by atoms with van der Waals surface area (Å²) in [5.74, 6) is -0.163. The number of rotatable bonds is 5. The molecular weight excluding hydrogens is 399 g/mol. The van der Waals surface area contributed by atoms with E-state index < -0.39 is 0 Å². The third-order valence-electron chi connectivity index (χ3n) is 4.30. The SMILES string of the molecule is NC(=S)N(Nc1nnc(-c2ccccc2)c(-c2ccccc2)n1)c1ccc(F)cc1. The second-order valence-corrected chi connectivity index (χ2v) is 6.74. The molecular formula is C22H17FN6S. The van der Waals surface area contributed by atoms with Crippen LogP contribution in [0.25, 0.3) is 22.5 Å². The van der Waals surface area contributed by atoms with Crippen molar-refractivity contribution in [3.63, 3.8) is 0 Å². The minimum atomic E-state index is -0.363. The highest BCUT2D eigenvalue weighted by Crippen LogP contribution is 2.29. The zero-order chi connectivity index (χ0) is 20.9. The minimum Gasteiger partial charge on any atom is -0.374 e. The summed E-state index contributed by atoms with van der Waals surface area (Å²) >= 11 is 5.13. The van der Waals surface area contributed by atoms with Gasteiger partial charge in [0.2, 0.25) is 0 Å². The maximum Gasteiger partial charge on any atom is 0.262 e. The van der Waals surface area contributed by atoms with E-state index in [2.05, 4.69) is 20.6 Å². The average molecular weight is 416 g/mol. The first-order chi connectivity index (χ1) is 14.6. The molecule has 0 unspecified atom stereocenters. The normalized spacial score (nSPS) is 10.4. The predicted octanol–water partition coefficient (Wildman–Crippen LogP) is 4.42. The van der Waals surface area contributed by atoms with Crippen LogP contribution in [0.1, 0.15) is 0 Å². The molecule has 4 aromatic rings. The predicted molar refractivity (Wildman–Crippen MR) is 120 cm³/mol. The fraction of sp³-hybridized carbons (Fsp3) is 0. The Morgan fingerprint density at radius 2 is 1.37 bits per heavy atom. The van der Waals surface area contributed by atoms with Crippen molar-refractivity contribution >= 4 is 29.0 Å². The maximum absolute atomic E-state index is 13.3. The first kappa shape index (κ1) is 19.4. The van der Waals surface area contributed by atoms with Gasteiger partial charge in [0.1, 0.15) is 17.2 Å². The van der Waals surface area contributed by atoms with Gasteiger partial charge in [0.15, 0.2) is 5.11 Å². The van der Waals surface area contributed by atoms with Crippen LogP contribution < -0.4 is 16.2 Å². The number of hydrogen-bond donors (Lipinski definition) is 2. The lowest BCUT2D eigenvalue weighted by Crippen LogP contribution is -2.40. The van der Waals surface area contributed by atoms with Gasteiger partial charge in [-0.25, -0.2) is 14.4 Å². The molecule has 0 atom stereocenters. The molecule has 1 heterocycles. The molecule has 6 nitrogen and oxygen atoms in total. The number of halogens is 1. The molecule has 4 rings (SSSR count). The van der Waals surface area contributed by atoms with E-state index in [0.29, 0.717) is 17.1 Å². The standard InChI is InChI=1S/C22H17FN6S/c23-17-11-13-18(14-12-17)29(21(24)30)28-22-25-19(15-7-3-1-4-8-15)20(26-27-22)16-9-5-2-6-10-16/h1-14H,(H2,24,30)(H,25,27,28). The lowest BCUT2D eigenvalue weighted by atomic mass is 10.0. The van der Waals surface area contributed by atoms with Crippen molar-refractivity contribution in [1.82, 2.24) is 15.2 Å². The number of hydrazine groups is 1. The van der Waals surface area contributed by atoms with Gasteiger partial charge in [-0.15, -0.1) is 10.2 Å². The first-order valence-electron chi connectivity index (χ1n) is 9.09. The quantitative estimate of drug-likeness (QED) is 0.368. The number of hydrogen-bond acceptors (Lipinski definition) is 5. The number of nitrogens with two attached hydrogens (primary N) is 1. The zero-order valence-electron chi connectivity index (χ0n) is 15.7. The van der Waals surface area contributed by atoms with Gasteiger partial charge in [-0.3, -0.25) is 5.43 Å². The molecule has 0 fully saturated rings. The van der Waals surface area contributed by atoms with Crippen LogP contribution in [0, 0.1) is 5.82 Å². The van der Waals surface area contributed by atoms with Crippen LogP contribution in [0.15, 0.2) is 84.9 Å². The molecule has 8 heteroatoms. The summed E-state index contributed by atoms with van der Waals surface area (Å²) in [6, 6.07) is 25.1. The zero-order valence-corrected chi connectivity index (χ0v) is 16.6. The molecule has 0 amide bonds. The molecule has 0 spiro atoms. The number of nitrogens with one attached hydrogen (secondary N) is 1. The number of benzene rings is 3. The van der Waals surface area contributed by atoms with Gasteiger partial charge >= 0.3 is 0 Å². The van der Waals surface area contributed by atoms with E-state index >= 15 is 0 Å². The van der Waals surface area contributed by atoms with Crippen LogP contribution in [0.2, 0.25) is 0 Å². The van der Waals surface area contributed by atoms with Crippen LogP contribution >= 0.6 is 12.2 Å². The van der Waals surface area contributed by atoms with Crippen LogP contribution in [-0.2, 0) is 0 Å². The van der Waals surface area contributed by atoms with Crippen molar-refractivity contribution in [3.8, 4) is 22.5 Å². The smallest absolute Gasteiger partial charge is 0.262 e. The number of thiocarbonyl (C=S) groups is 1. The Labute approximate surface area is 178 Å². The summed E-state index contributed by atoms with van der Waals surface area (Å²) in [5.41, 5.74) is 12.4. The molecule has 1 aromatic heterocycles. The van der Waals surface area contributed by atoms with Crippen LogP contribution in [-0.4, -0.2) is 20.3 Å². The van der Waals surface area contributed by atoms with Gasteiger partial charge in [0, 0.05) is 11.1 Å². The molecule has 30 heavy (non-hydrogen) atoms. The highest BCUT2D eigenvalue weighted by atomic mass is 32.1. The second kappa shape index (κ2) is 8.62. The summed E-state index contributed by atoms with van der Waals surface area (Å²) in [7, 11) is 0. The van der Waals surface area contributed by atoms with Gasteiger partial charge in [-0.1, -0.05) is 60.7 Å². The Hall–Kier alpha value is -3.91. The van der Waals surface area contributed by atoms with Crippen LogP contribution in [0.3, 0.4) is 0 Å². The number of anilines is 2. The highest BCUT2D eigenvalue weighted by molar-refractivity contribution is 7.80. The largest absolute Gasteiger partial charge is 0.374 e. The molecule has 0 aliphatic rings. The van der Waals surface area contributed by atoms with Gasteiger partial charge in [0.05, 0.1) is 5.69 Å². The fourth-order valence-electron chi connectivity index (χ4n) is 2.90. The molecule has 3 N–H and O–H groups in total. The molecule has 0 saturated carbocycles. The van der Waals surface area contributed by atoms with Crippen molar-refractivity contribution in [2.45, 2.75) is 0 Å².